The normalized spacial score (nSPS) is 41.4. The van der Waals surface area contributed by atoms with Gasteiger partial charge in [0.15, 0.2) is 0 Å². The molecule has 0 saturated heterocycles. The van der Waals surface area contributed by atoms with Crippen LogP contribution in [0.3, 0.4) is 0 Å². The summed E-state index contributed by atoms with van der Waals surface area (Å²) < 4.78 is 0. The van der Waals surface area contributed by atoms with Crippen LogP contribution >= 0.6 is 11.3 Å². The largest absolute Gasteiger partial charge is 0.312 e. The number of hydrogen-bond donors (Lipinski definition) is 1. The summed E-state index contributed by atoms with van der Waals surface area (Å²) in [5, 5.41) is 8.17. The standard InChI is InChI=1S/C16H23NS/c1-2-18-10-11(1)8-17-9-16-14-4-12-3-13(6-14)7-15(16)5-12/h1-2,10,12-17H,3-9H2. The highest BCUT2D eigenvalue weighted by molar-refractivity contribution is 7.07. The van der Waals surface area contributed by atoms with E-state index in [4.69, 9.17) is 0 Å². The van der Waals surface area contributed by atoms with E-state index in [0.717, 1.165) is 36.1 Å². The molecule has 4 fully saturated rings. The summed E-state index contributed by atoms with van der Waals surface area (Å²) >= 11 is 1.81. The van der Waals surface area contributed by atoms with Crippen molar-refractivity contribution in [1.82, 2.24) is 5.32 Å². The van der Waals surface area contributed by atoms with E-state index in [1.54, 1.807) is 32.1 Å². The van der Waals surface area contributed by atoms with Crippen molar-refractivity contribution in [3.63, 3.8) is 0 Å². The molecule has 1 aromatic rings. The molecule has 0 spiro atoms. The molecule has 4 aliphatic carbocycles. The SMILES string of the molecule is c1cc(CNCC2C3CC4CC(C3)CC2C4)cs1. The molecule has 1 N–H and O–H groups in total. The molecule has 0 unspecified atom stereocenters. The van der Waals surface area contributed by atoms with Gasteiger partial charge < -0.3 is 5.32 Å². The Balaban J connectivity index is 1.35. The summed E-state index contributed by atoms with van der Waals surface area (Å²) in [5.74, 6) is 5.35. The van der Waals surface area contributed by atoms with Crippen molar-refractivity contribution in [3.05, 3.63) is 22.4 Å². The zero-order valence-electron chi connectivity index (χ0n) is 11.0. The molecule has 98 valence electrons. The van der Waals surface area contributed by atoms with E-state index in [-0.39, 0.29) is 0 Å². The van der Waals surface area contributed by atoms with Gasteiger partial charge in [-0.3, -0.25) is 0 Å². The monoisotopic (exact) mass is 261 g/mol. The third-order valence-corrected chi connectivity index (χ3v) is 6.44. The summed E-state index contributed by atoms with van der Waals surface area (Å²) in [6, 6.07) is 2.24. The van der Waals surface area contributed by atoms with Crippen LogP contribution in [0.2, 0.25) is 0 Å². The highest BCUT2D eigenvalue weighted by Gasteiger charge is 2.47. The van der Waals surface area contributed by atoms with Gasteiger partial charge in [0.05, 0.1) is 0 Å². The molecule has 1 aromatic heterocycles. The maximum atomic E-state index is 3.72. The first kappa shape index (κ1) is 11.5. The molecular formula is C16H23NS. The maximum Gasteiger partial charge on any atom is 0.0213 e. The lowest BCUT2D eigenvalue weighted by atomic mass is 9.52. The Kier molecular flexibility index (Phi) is 2.96. The van der Waals surface area contributed by atoms with Crippen LogP contribution in [0.4, 0.5) is 0 Å². The minimum atomic E-state index is 0.997. The van der Waals surface area contributed by atoms with E-state index in [2.05, 4.69) is 22.1 Å². The zero-order chi connectivity index (χ0) is 11.9. The molecule has 2 heteroatoms. The first-order valence-electron chi connectivity index (χ1n) is 7.60. The number of hydrogen-bond acceptors (Lipinski definition) is 2. The lowest BCUT2D eigenvalue weighted by molar-refractivity contribution is -0.0355. The topological polar surface area (TPSA) is 12.0 Å². The Bertz CT molecular complexity index is 369. The van der Waals surface area contributed by atoms with Gasteiger partial charge in [0, 0.05) is 6.54 Å². The molecule has 1 nitrogen and oxygen atoms in total. The van der Waals surface area contributed by atoms with Crippen LogP contribution in [-0.2, 0) is 6.54 Å². The van der Waals surface area contributed by atoms with Crippen LogP contribution in [0.25, 0.3) is 0 Å². The highest BCUT2D eigenvalue weighted by Crippen LogP contribution is 2.56. The van der Waals surface area contributed by atoms with Crippen molar-refractivity contribution in [2.45, 2.75) is 38.6 Å². The van der Waals surface area contributed by atoms with E-state index >= 15 is 0 Å². The van der Waals surface area contributed by atoms with E-state index in [1.165, 1.54) is 12.1 Å². The summed E-state index contributed by atoms with van der Waals surface area (Å²) in [6.45, 7) is 2.34. The molecule has 5 rings (SSSR count). The smallest absolute Gasteiger partial charge is 0.0213 e. The molecular weight excluding hydrogens is 238 g/mol. The Morgan fingerprint density at radius 1 is 1.06 bits per heavy atom. The second kappa shape index (κ2) is 4.64. The predicted molar refractivity (Wildman–Crippen MR) is 76.6 cm³/mol. The lowest BCUT2D eigenvalue weighted by Crippen LogP contribution is -2.48. The molecule has 4 saturated carbocycles. The van der Waals surface area contributed by atoms with E-state index in [0.29, 0.717) is 0 Å². The van der Waals surface area contributed by atoms with Crippen LogP contribution in [0.15, 0.2) is 16.8 Å². The second-order valence-electron chi connectivity index (χ2n) is 6.86. The third-order valence-electron chi connectivity index (χ3n) is 5.71. The molecule has 0 radical (unpaired) electrons. The van der Waals surface area contributed by atoms with Gasteiger partial charge in [-0.1, -0.05) is 0 Å². The van der Waals surface area contributed by atoms with Crippen LogP contribution in [0, 0.1) is 29.6 Å². The van der Waals surface area contributed by atoms with Crippen LogP contribution < -0.4 is 5.32 Å². The summed E-state index contributed by atoms with van der Waals surface area (Å²) in [6.07, 6.45) is 7.78. The van der Waals surface area contributed by atoms with Crippen molar-refractivity contribution in [1.29, 1.82) is 0 Å². The van der Waals surface area contributed by atoms with Gasteiger partial charge >= 0.3 is 0 Å². The molecule has 4 aliphatic rings. The van der Waals surface area contributed by atoms with Gasteiger partial charge in [0.1, 0.15) is 0 Å². The Morgan fingerprint density at radius 2 is 1.78 bits per heavy atom. The molecule has 0 aromatic carbocycles. The summed E-state index contributed by atoms with van der Waals surface area (Å²) in [7, 11) is 0. The van der Waals surface area contributed by atoms with Crippen molar-refractivity contribution in [3.8, 4) is 0 Å². The molecule has 4 bridgehead atoms. The molecule has 1 heterocycles. The summed E-state index contributed by atoms with van der Waals surface area (Å²) in [5.41, 5.74) is 1.46. The summed E-state index contributed by atoms with van der Waals surface area (Å²) in [4.78, 5) is 0. The minimum absolute atomic E-state index is 0.997. The van der Waals surface area contributed by atoms with Crippen molar-refractivity contribution in [2.24, 2.45) is 29.6 Å². The molecule has 0 amide bonds. The van der Waals surface area contributed by atoms with Crippen LogP contribution in [0.1, 0.15) is 37.7 Å². The van der Waals surface area contributed by atoms with E-state index < -0.39 is 0 Å². The zero-order valence-corrected chi connectivity index (χ0v) is 11.8. The maximum absolute atomic E-state index is 3.72. The van der Waals surface area contributed by atoms with Crippen LogP contribution in [0.5, 0.6) is 0 Å². The minimum Gasteiger partial charge on any atom is -0.312 e. The van der Waals surface area contributed by atoms with Crippen molar-refractivity contribution in [2.75, 3.05) is 6.54 Å². The second-order valence-corrected chi connectivity index (χ2v) is 7.64. The lowest BCUT2D eigenvalue weighted by Gasteiger charge is -2.54. The first-order chi connectivity index (χ1) is 8.88. The van der Waals surface area contributed by atoms with Crippen LogP contribution in [-0.4, -0.2) is 6.54 Å². The quantitative estimate of drug-likeness (QED) is 0.866. The predicted octanol–water partition coefficient (Wildman–Crippen LogP) is 3.91. The van der Waals surface area contributed by atoms with Crippen molar-refractivity contribution >= 4 is 11.3 Å². The highest BCUT2D eigenvalue weighted by atomic mass is 32.1. The fourth-order valence-corrected chi connectivity index (χ4v) is 5.82. The molecule has 0 atom stereocenters. The molecule has 18 heavy (non-hydrogen) atoms. The Labute approximate surface area is 114 Å². The fourth-order valence-electron chi connectivity index (χ4n) is 5.15. The Hall–Kier alpha value is -0.340. The van der Waals surface area contributed by atoms with Gasteiger partial charge in [-0.2, -0.15) is 11.3 Å². The Morgan fingerprint density at radius 3 is 2.39 bits per heavy atom. The van der Waals surface area contributed by atoms with Crippen molar-refractivity contribution < 1.29 is 0 Å². The van der Waals surface area contributed by atoms with Gasteiger partial charge in [-0.15, -0.1) is 0 Å². The third kappa shape index (κ3) is 2.04. The van der Waals surface area contributed by atoms with Gasteiger partial charge in [0.2, 0.25) is 0 Å². The van der Waals surface area contributed by atoms with Gasteiger partial charge in [0.25, 0.3) is 0 Å². The average molecular weight is 261 g/mol. The van der Waals surface area contributed by atoms with Gasteiger partial charge in [-0.25, -0.2) is 0 Å². The average Bonchev–Trinajstić information content (AvgIpc) is 2.85. The molecule has 0 aliphatic heterocycles. The van der Waals surface area contributed by atoms with E-state index in [1.807, 2.05) is 11.3 Å². The number of thiophene rings is 1. The number of nitrogens with one attached hydrogen (secondary N) is 1. The first-order valence-corrected chi connectivity index (χ1v) is 8.54. The van der Waals surface area contributed by atoms with Gasteiger partial charge in [-0.05, 0) is 90.6 Å². The fraction of sp³-hybridized carbons (Fsp3) is 0.750. The number of rotatable bonds is 4. The van der Waals surface area contributed by atoms with E-state index in [9.17, 15) is 0 Å².